The van der Waals surface area contributed by atoms with E-state index in [1.54, 1.807) is 6.07 Å². The molecule has 0 bridgehead atoms. The number of carbonyl (C=O) groups is 1. The fraction of sp³-hybridized carbons (Fsp3) is 0.308. The van der Waals surface area contributed by atoms with Crippen molar-refractivity contribution >= 4 is 28.5 Å². The minimum Gasteiger partial charge on any atom is -0.475 e. The third-order valence-electron chi connectivity index (χ3n) is 2.79. The number of rotatable bonds is 3. The summed E-state index contributed by atoms with van der Waals surface area (Å²) in [6, 6.07) is 3.61. The first-order chi connectivity index (χ1) is 8.06. The normalized spacial score (nSPS) is 11.0. The van der Waals surface area contributed by atoms with Gasteiger partial charge in [0.2, 0.25) is 5.76 Å². The first kappa shape index (κ1) is 12.0. The number of hydrogen-bond donors (Lipinski definition) is 1. The van der Waals surface area contributed by atoms with Crippen LogP contribution >= 0.6 is 11.6 Å². The van der Waals surface area contributed by atoms with Gasteiger partial charge in [0.05, 0.1) is 5.02 Å². The van der Waals surface area contributed by atoms with Crippen LogP contribution in [-0.2, 0) is 6.42 Å². The molecule has 0 amide bonds. The minimum absolute atomic E-state index is 0.0121. The summed E-state index contributed by atoms with van der Waals surface area (Å²) in [5, 5.41) is 10.4. The van der Waals surface area contributed by atoms with Crippen LogP contribution in [0.1, 0.15) is 35.0 Å². The molecule has 0 saturated heterocycles. The molecular formula is C13H13ClO3. The van der Waals surface area contributed by atoms with Gasteiger partial charge in [0.1, 0.15) is 0 Å². The Labute approximate surface area is 104 Å². The van der Waals surface area contributed by atoms with E-state index in [1.165, 1.54) is 0 Å². The molecule has 2 rings (SSSR count). The molecule has 0 spiro atoms. The lowest BCUT2D eigenvalue weighted by atomic mass is 10.0. The molecule has 90 valence electrons. The number of aryl methyl sites for hydroxylation is 2. The number of aromatic carboxylic acids is 1. The zero-order valence-corrected chi connectivity index (χ0v) is 10.5. The van der Waals surface area contributed by atoms with E-state index in [4.69, 9.17) is 21.1 Å². The molecule has 0 aliphatic heterocycles. The Morgan fingerprint density at radius 2 is 2.18 bits per heavy atom. The molecule has 0 atom stereocenters. The van der Waals surface area contributed by atoms with Crippen molar-refractivity contribution in [3.8, 4) is 0 Å². The molecule has 0 fully saturated rings. The van der Waals surface area contributed by atoms with Crippen LogP contribution in [0.25, 0.3) is 11.0 Å². The van der Waals surface area contributed by atoms with Crippen LogP contribution < -0.4 is 0 Å². The summed E-state index contributed by atoms with van der Waals surface area (Å²) < 4.78 is 5.39. The average molecular weight is 253 g/mol. The minimum atomic E-state index is -1.04. The Morgan fingerprint density at radius 3 is 2.76 bits per heavy atom. The summed E-state index contributed by atoms with van der Waals surface area (Å²) in [6.45, 7) is 3.93. The maximum absolute atomic E-state index is 11.2. The van der Waals surface area contributed by atoms with Crippen molar-refractivity contribution in [1.82, 2.24) is 0 Å². The second kappa shape index (κ2) is 4.41. The van der Waals surface area contributed by atoms with Crippen molar-refractivity contribution in [2.24, 2.45) is 0 Å². The number of hydrogen-bond acceptors (Lipinski definition) is 2. The Balaban J connectivity index is 2.84. The number of carboxylic acid groups (broad SMARTS) is 1. The van der Waals surface area contributed by atoms with Gasteiger partial charge in [-0.1, -0.05) is 31.0 Å². The van der Waals surface area contributed by atoms with Gasteiger partial charge in [-0.25, -0.2) is 4.79 Å². The average Bonchev–Trinajstić information content (AvgIpc) is 2.65. The predicted octanol–water partition coefficient (Wildman–Crippen LogP) is 4.05. The summed E-state index contributed by atoms with van der Waals surface area (Å²) in [5.74, 6) is -1.03. The highest BCUT2D eigenvalue weighted by Gasteiger charge is 2.21. The third-order valence-corrected chi connectivity index (χ3v) is 3.09. The molecule has 0 saturated carbocycles. The molecule has 3 nitrogen and oxygen atoms in total. The van der Waals surface area contributed by atoms with Gasteiger partial charge in [-0.15, -0.1) is 0 Å². The predicted molar refractivity (Wildman–Crippen MR) is 66.9 cm³/mol. The Morgan fingerprint density at radius 1 is 1.47 bits per heavy atom. The lowest BCUT2D eigenvalue weighted by Gasteiger charge is -2.00. The molecule has 2 aromatic rings. The van der Waals surface area contributed by atoms with E-state index in [9.17, 15) is 4.79 Å². The van der Waals surface area contributed by atoms with Crippen LogP contribution in [0.5, 0.6) is 0 Å². The molecule has 0 unspecified atom stereocenters. The maximum atomic E-state index is 11.2. The van der Waals surface area contributed by atoms with Crippen molar-refractivity contribution in [2.45, 2.75) is 26.7 Å². The van der Waals surface area contributed by atoms with Gasteiger partial charge in [0.15, 0.2) is 5.58 Å². The van der Waals surface area contributed by atoms with Gasteiger partial charge >= 0.3 is 5.97 Å². The fourth-order valence-corrected chi connectivity index (χ4v) is 2.27. The Kier molecular flexibility index (Phi) is 3.11. The van der Waals surface area contributed by atoms with Crippen molar-refractivity contribution < 1.29 is 14.3 Å². The van der Waals surface area contributed by atoms with E-state index >= 15 is 0 Å². The molecule has 4 heteroatoms. The van der Waals surface area contributed by atoms with Crippen molar-refractivity contribution in [2.75, 3.05) is 0 Å². The molecule has 17 heavy (non-hydrogen) atoms. The highest BCUT2D eigenvalue weighted by atomic mass is 35.5. The van der Waals surface area contributed by atoms with Crippen LogP contribution in [-0.4, -0.2) is 11.1 Å². The lowest BCUT2D eigenvalue weighted by molar-refractivity contribution is 0.0663. The summed E-state index contributed by atoms with van der Waals surface area (Å²) in [4.78, 5) is 11.2. The van der Waals surface area contributed by atoms with Crippen LogP contribution in [0, 0.1) is 6.92 Å². The molecule has 0 aliphatic rings. The molecule has 0 radical (unpaired) electrons. The summed E-state index contributed by atoms with van der Waals surface area (Å²) in [6.07, 6.45) is 1.54. The van der Waals surface area contributed by atoms with Gasteiger partial charge in [0.25, 0.3) is 0 Å². The molecule has 1 N–H and O–H groups in total. The third kappa shape index (κ3) is 1.91. The zero-order valence-electron chi connectivity index (χ0n) is 9.71. The summed E-state index contributed by atoms with van der Waals surface area (Å²) in [7, 11) is 0. The monoisotopic (exact) mass is 252 g/mol. The Bertz CT molecular complexity index is 584. The number of carboxylic acids is 1. The highest BCUT2D eigenvalue weighted by molar-refractivity contribution is 6.35. The number of furan rings is 1. The van der Waals surface area contributed by atoms with Crippen LogP contribution in [0.2, 0.25) is 5.02 Å². The molecule has 1 aromatic heterocycles. The molecule has 1 heterocycles. The van der Waals surface area contributed by atoms with E-state index in [1.807, 2.05) is 19.9 Å². The fourth-order valence-electron chi connectivity index (χ4n) is 2.07. The first-order valence-corrected chi connectivity index (χ1v) is 5.87. The van der Waals surface area contributed by atoms with Gasteiger partial charge in [0, 0.05) is 10.9 Å². The highest BCUT2D eigenvalue weighted by Crippen LogP contribution is 2.34. The molecule has 0 aliphatic carbocycles. The van der Waals surface area contributed by atoms with Gasteiger partial charge in [-0.05, 0) is 25.0 Å². The van der Waals surface area contributed by atoms with Gasteiger partial charge in [-0.2, -0.15) is 0 Å². The van der Waals surface area contributed by atoms with Crippen LogP contribution in [0.3, 0.4) is 0 Å². The van der Waals surface area contributed by atoms with E-state index in [2.05, 4.69) is 0 Å². The van der Waals surface area contributed by atoms with Crippen LogP contribution in [0.4, 0.5) is 0 Å². The second-order valence-electron chi connectivity index (χ2n) is 4.03. The SMILES string of the molecule is CCCc1c(C(=O)O)oc2c(Cl)ccc(C)c12. The Hall–Kier alpha value is -1.48. The van der Waals surface area contributed by atoms with Crippen LogP contribution in [0.15, 0.2) is 16.5 Å². The quantitative estimate of drug-likeness (QED) is 0.897. The van der Waals surface area contributed by atoms with E-state index in [0.717, 1.165) is 22.9 Å². The zero-order chi connectivity index (χ0) is 12.6. The van der Waals surface area contributed by atoms with E-state index in [0.29, 0.717) is 17.0 Å². The topological polar surface area (TPSA) is 50.4 Å². The number of halogens is 1. The van der Waals surface area contributed by atoms with Crippen molar-refractivity contribution in [1.29, 1.82) is 0 Å². The lowest BCUT2D eigenvalue weighted by Crippen LogP contribution is -1.98. The van der Waals surface area contributed by atoms with Gasteiger partial charge < -0.3 is 9.52 Å². The maximum Gasteiger partial charge on any atom is 0.372 e. The number of fused-ring (bicyclic) bond motifs is 1. The number of benzene rings is 1. The smallest absolute Gasteiger partial charge is 0.372 e. The largest absolute Gasteiger partial charge is 0.475 e. The van der Waals surface area contributed by atoms with Crippen molar-refractivity contribution in [3.05, 3.63) is 34.0 Å². The second-order valence-corrected chi connectivity index (χ2v) is 4.44. The van der Waals surface area contributed by atoms with Gasteiger partial charge in [-0.3, -0.25) is 0 Å². The van der Waals surface area contributed by atoms with Crippen molar-refractivity contribution in [3.63, 3.8) is 0 Å². The van der Waals surface area contributed by atoms with E-state index in [-0.39, 0.29) is 5.76 Å². The van der Waals surface area contributed by atoms with E-state index < -0.39 is 5.97 Å². The molecule has 1 aromatic carbocycles. The summed E-state index contributed by atoms with van der Waals surface area (Å²) in [5.41, 5.74) is 2.21. The standard InChI is InChI=1S/C13H13ClO3/c1-3-4-8-10-7(2)5-6-9(14)12(10)17-11(8)13(15)16/h5-6H,3-4H2,1-2H3,(H,15,16). The molecular weight excluding hydrogens is 240 g/mol. The first-order valence-electron chi connectivity index (χ1n) is 5.50. The summed E-state index contributed by atoms with van der Waals surface area (Å²) >= 11 is 6.03.